The van der Waals surface area contributed by atoms with Crippen molar-refractivity contribution in [3.8, 4) is 6.07 Å². The number of carbonyl (C=O) groups is 2. The molecule has 0 aliphatic heterocycles. The van der Waals surface area contributed by atoms with Crippen molar-refractivity contribution in [2.45, 2.75) is 33.8 Å². The molecule has 1 N–H and O–H groups in total. The van der Waals surface area contributed by atoms with Crippen molar-refractivity contribution in [1.82, 2.24) is 0 Å². The van der Waals surface area contributed by atoms with Crippen LogP contribution in [0.25, 0.3) is 0 Å². The van der Waals surface area contributed by atoms with Crippen LogP contribution in [0.2, 0.25) is 0 Å². The van der Waals surface area contributed by atoms with E-state index in [1.165, 1.54) is 31.2 Å². The quantitative estimate of drug-likeness (QED) is 0.864. The van der Waals surface area contributed by atoms with Gasteiger partial charge < -0.3 is 10.1 Å². The van der Waals surface area contributed by atoms with Gasteiger partial charge >= 0.3 is 5.97 Å². The van der Waals surface area contributed by atoms with Crippen molar-refractivity contribution in [3.05, 3.63) is 64.2 Å². The van der Waals surface area contributed by atoms with E-state index in [0.717, 1.165) is 22.4 Å². The van der Waals surface area contributed by atoms with Crippen LogP contribution >= 0.6 is 0 Å². The molecule has 0 fully saturated rings. The smallest absolute Gasteiger partial charge is 0.338 e. The van der Waals surface area contributed by atoms with Crippen molar-refractivity contribution in [1.29, 1.82) is 5.26 Å². The summed E-state index contributed by atoms with van der Waals surface area (Å²) in [5, 5.41) is 11.6. The summed E-state index contributed by atoms with van der Waals surface area (Å²) in [7, 11) is 0. The SMILES string of the molecule is Cc1cc(C)c(NC(=O)[C@@H](C)OC(=O)c2ccc(C#N)cc2)c(C)c1. The zero-order valence-electron chi connectivity index (χ0n) is 14.7. The van der Waals surface area contributed by atoms with Crippen LogP contribution in [-0.2, 0) is 9.53 Å². The van der Waals surface area contributed by atoms with Crippen LogP contribution in [0.1, 0.15) is 39.5 Å². The minimum absolute atomic E-state index is 0.293. The molecule has 128 valence electrons. The lowest BCUT2D eigenvalue weighted by Gasteiger charge is -2.17. The maximum atomic E-state index is 12.3. The molecule has 0 radical (unpaired) electrons. The number of nitrogens with one attached hydrogen (secondary N) is 1. The number of carbonyl (C=O) groups excluding carboxylic acids is 2. The predicted molar refractivity (Wildman–Crippen MR) is 95.3 cm³/mol. The second-order valence-electron chi connectivity index (χ2n) is 6.00. The monoisotopic (exact) mass is 336 g/mol. The number of nitrogens with zero attached hydrogens (tertiary/aromatic N) is 1. The Morgan fingerprint density at radius 2 is 1.64 bits per heavy atom. The number of hydrogen-bond acceptors (Lipinski definition) is 4. The molecular weight excluding hydrogens is 316 g/mol. The molecule has 5 heteroatoms. The zero-order chi connectivity index (χ0) is 18.6. The van der Waals surface area contributed by atoms with Gasteiger partial charge in [-0.2, -0.15) is 5.26 Å². The van der Waals surface area contributed by atoms with Crippen molar-refractivity contribution in [2.24, 2.45) is 0 Å². The Hall–Kier alpha value is -3.13. The van der Waals surface area contributed by atoms with Gasteiger partial charge in [0.2, 0.25) is 0 Å². The minimum atomic E-state index is -0.941. The normalized spacial score (nSPS) is 11.3. The van der Waals surface area contributed by atoms with E-state index in [0.29, 0.717) is 11.1 Å². The second kappa shape index (κ2) is 7.63. The van der Waals surface area contributed by atoms with E-state index < -0.39 is 18.0 Å². The summed E-state index contributed by atoms with van der Waals surface area (Å²) in [6.07, 6.45) is -0.941. The molecule has 0 heterocycles. The van der Waals surface area contributed by atoms with Crippen molar-refractivity contribution < 1.29 is 14.3 Å². The number of rotatable bonds is 4. The van der Waals surface area contributed by atoms with Gasteiger partial charge in [0.15, 0.2) is 6.10 Å². The topological polar surface area (TPSA) is 79.2 Å². The molecule has 0 bridgehead atoms. The van der Waals surface area contributed by atoms with Gasteiger partial charge in [-0.15, -0.1) is 0 Å². The standard InChI is InChI=1S/C20H20N2O3/c1-12-9-13(2)18(14(3)10-12)22-19(23)15(4)25-20(24)17-7-5-16(11-21)6-8-17/h5-10,15H,1-4H3,(H,22,23)/t15-/m1/s1. The highest BCUT2D eigenvalue weighted by Crippen LogP contribution is 2.22. The van der Waals surface area contributed by atoms with E-state index in [4.69, 9.17) is 10.00 Å². The molecule has 0 spiro atoms. The van der Waals surface area contributed by atoms with Gasteiger partial charge in [-0.1, -0.05) is 17.7 Å². The summed E-state index contributed by atoms with van der Waals surface area (Å²) in [4.78, 5) is 24.4. The number of hydrogen-bond donors (Lipinski definition) is 1. The van der Waals surface area contributed by atoms with Gasteiger partial charge in [-0.05, 0) is 63.1 Å². The summed E-state index contributed by atoms with van der Waals surface area (Å²) in [6, 6.07) is 12.0. The lowest BCUT2D eigenvalue weighted by atomic mass is 10.0. The molecule has 0 aliphatic rings. The molecule has 0 saturated carbocycles. The molecule has 1 amide bonds. The molecule has 2 aromatic rings. The molecule has 2 rings (SSSR count). The van der Waals surface area contributed by atoms with E-state index in [-0.39, 0.29) is 0 Å². The summed E-state index contributed by atoms with van der Waals surface area (Å²) in [5.41, 5.74) is 4.51. The number of amides is 1. The Balaban J connectivity index is 2.05. The first-order chi connectivity index (χ1) is 11.8. The second-order valence-corrected chi connectivity index (χ2v) is 6.00. The molecule has 0 aromatic heterocycles. The molecule has 25 heavy (non-hydrogen) atoms. The maximum absolute atomic E-state index is 12.3. The first kappa shape index (κ1) is 18.2. The third kappa shape index (κ3) is 4.45. The Morgan fingerprint density at radius 1 is 1.08 bits per heavy atom. The van der Waals surface area contributed by atoms with Gasteiger partial charge in [-0.25, -0.2) is 4.79 Å². The Kier molecular flexibility index (Phi) is 5.56. The fraction of sp³-hybridized carbons (Fsp3) is 0.250. The van der Waals surface area contributed by atoms with E-state index in [2.05, 4.69) is 5.32 Å². The van der Waals surface area contributed by atoms with Gasteiger partial charge in [0.1, 0.15) is 0 Å². The Bertz CT molecular complexity index is 825. The van der Waals surface area contributed by atoms with Crippen molar-refractivity contribution in [3.63, 3.8) is 0 Å². The van der Waals surface area contributed by atoms with Crippen molar-refractivity contribution >= 4 is 17.6 Å². The fourth-order valence-electron chi connectivity index (χ4n) is 2.56. The van der Waals surface area contributed by atoms with Gasteiger partial charge in [0.05, 0.1) is 17.2 Å². The number of esters is 1. The summed E-state index contributed by atoms with van der Waals surface area (Å²) >= 11 is 0. The van der Waals surface area contributed by atoms with Crippen molar-refractivity contribution in [2.75, 3.05) is 5.32 Å². The Morgan fingerprint density at radius 3 is 2.16 bits per heavy atom. The van der Waals surface area contributed by atoms with Crippen LogP contribution in [-0.4, -0.2) is 18.0 Å². The molecule has 5 nitrogen and oxygen atoms in total. The largest absolute Gasteiger partial charge is 0.449 e. The third-order valence-electron chi connectivity index (χ3n) is 3.83. The minimum Gasteiger partial charge on any atom is -0.449 e. The first-order valence-electron chi connectivity index (χ1n) is 7.91. The number of benzene rings is 2. The number of aryl methyl sites for hydroxylation is 3. The zero-order valence-corrected chi connectivity index (χ0v) is 14.7. The van der Waals surface area contributed by atoms with E-state index in [1.807, 2.05) is 39.0 Å². The fourth-order valence-corrected chi connectivity index (χ4v) is 2.56. The van der Waals surface area contributed by atoms with Crippen LogP contribution in [0.3, 0.4) is 0 Å². The summed E-state index contributed by atoms with van der Waals surface area (Å²) < 4.78 is 5.21. The van der Waals surface area contributed by atoms with Gasteiger partial charge in [-0.3, -0.25) is 4.79 Å². The van der Waals surface area contributed by atoms with E-state index >= 15 is 0 Å². The van der Waals surface area contributed by atoms with Gasteiger partial charge in [0.25, 0.3) is 5.91 Å². The number of anilines is 1. The molecule has 1 atom stereocenters. The average Bonchev–Trinajstić information content (AvgIpc) is 2.57. The molecule has 2 aromatic carbocycles. The van der Waals surface area contributed by atoms with E-state index in [1.54, 1.807) is 0 Å². The summed E-state index contributed by atoms with van der Waals surface area (Å²) in [6.45, 7) is 7.36. The molecular formula is C20H20N2O3. The first-order valence-corrected chi connectivity index (χ1v) is 7.91. The highest BCUT2D eigenvalue weighted by molar-refractivity contribution is 5.98. The lowest BCUT2D eigenvalue weighted by Crippen LogP contribution is -2.30. The molecule has 0 aliphatic carbocycles. The highest BCUT2D eigenvalue weighted by atomic mass is 16.5. The number of nitriles is 1. The average molecular weight is 336 g/mol. The highest BCUT2D eigenvalue weighted by Gasteiger charge is 2.20. The Labute approximate surface area is 147 Å². The summed E-state index contributed by atoms with van der Waals surface area (Å²) in [5.74, 6) is -0.999. The number of ether oxygens (including phenoxy) is 1. The lowest BCUT2D eigenvalue weighted by molar-refractivity contribution is -0.123. The maximum Gasteiger partial charge on any atom is 0.338 e. The van der Waals surface area contributed by atoms with Crippen LogP contribution in [0.5, 0.6) is 0 Å². The molecule has 0 unspecified atom stereocenters. The van der Waals surface area contributed by atoms with Crippen LogP contribution < -0.4 is 5.32 Å². The van der Waals surface area contributed by atoms with E-state index in [9.17, 15) is 9.59 Å². The third-order valence-corrected chi connectivity index (χ3v) is 3.83. The van der Waals surface area contributed by atoms with Gasteiger partial charge in [0, 0.05) is 5.69 Å². The molecule has 0 saturated heterocycles. The van der Waals surface area contributed by atoms with Crippen LogP contribution in [0, 0.1) is 32.1 Å². The van der Waals surface area contributed by atoms with Crippen LogP contribution in [0.15, 0.2) is 36.4 Å². The van der Waals surface area contributed by atoms with Crippen LogP contribution in [0.4, 0.5) is 5.69 Å². The predicted octanol–water partition coefficient (Wildman–Crippen LogP) is 3.67.